The average molecular weight is 301 g/mol. The molecule has 1 heterocycles. The van der Waals surface area contributed by atoms with Crippen molar-refractivity contribution in [3.63, 3.8) is 0 Å². The fourth-order valence-electron chi connectivity index (χ4n) is 2.17. The van der Waals surface area contributed by atoms with E-state index < -0.39 is 0 Å². The lowest BCUT2D eigenvalue weighted by atomic mass is 10.1. The van der Waals surface area contributed by atoms with Crippen molar-refractivity contribution >= 4 is 18.3 Å². The minimum atomic E-state index is -0.0795. The SMILES string of the molecule is COc1cc(OC)cc(C(=O)NC2CCNCC2)c1.Cl. The van der Waals surface area contributed by atoms with E-state index in [1.165, 1.54) is 0 Å². The molecular formula is C14H21ClN2O3. The molecule has 0 radical (unpaired) electrons. The molecule has 0 spiro atoms. The molecule has 2 N–H and O–H groups in total. The molecule has 0 saturated carbocycles. The van der Waals surface area contributed by atoms with Gasteiger partial charge >= 0.3 is 0 Å². The van der Waals surface area contributed by atoms with Crippen LogP contribution in [0.2, 0.25) is 0 Å². The van der Waals surface area contributed by atoms with Gasteiger partial charge in [0.2, 0.25) is 0 Å². The van der Waals surface area contributed by atoms with E-state index >= 15 is 0 Å². The van der Waals surface area contributed by atoms with Crippen LogP contribution in [-0.2, 0) is 0 Å². The summed E-state index contributed by atoms with van der Waals surface area (Å²) in [6.45, 7) is 1.90. The number of hydrogen-bond acceptors (Lipinski definition) is 4. The number of amides is 1. The van der Waals surface area contributed by atoms with Gasteiger partial charge in [0.1, 0.15) is 11.5 Å². The van der Waals surface area contributed by atoms with Crippen molar-refractivity contribution in [2.24, 2.45) is 0 Å². The molecular weight excluding hydrogens is 280 g/mol. The number of nitrogens with one attached hydrogen (secondary N) is 2. The molecule has 20 heavy (non-hydrogen) atoms. The van der Waals surface area contributed by atoms with E-state index in [0.717, 1.165) is 25.9 Å². The maximum absolute atomic E-state index is 12.2. The topological polar surface area (TPSA) is 59.6 Å². The molecule has 0 aliphatic carbocycles. The summed E-state index contributed by atoms with van der Waals surface area (Å²) in [6, 6.07) is 5.44. The molecule has 1 aromatic carbocycles. The van der Waals surface area contributed by atoms with Gasteiger partial charge in [-0.05, 0) is 38.1 Å². The van der Waals surface area contributed by atoms with Crippen LogP contribution in [0, 0.1) is 0 Å². The molecule has 112 valence electrons. The fraction of sp³-hybridized carbons (Fsp3) is 0.500. The fourth-order valence-corrected chi connectivity index (χ4v) is 2.17. The summed E-state index contributed by atoms with van der Waals surface area (Å²) in [6.07, 6.45) is 1.93. The smallest absolute Gasteiger partial charge is 0.251 e. The highest BCUT2D eigenvalue weighted by molar-refractivity contribution is 5.95. The number of benzene rings is 1. The van der Waals surface area contributed by atoms with Crippen LogP contribution in [0.25, 0.3) is 0 Å². The predicted molar refractivity (Wildman–Crippen MR) is 80.2 cm³/mol. The van der Waals surface area contributed by atoms with Crippen molar-refractivity contribution in [2.75, 3.05) is 27.3 Å². The van der Waals surface area contributed by atoms with Crippen molar-refractivity contribution in [3.05, 3.63) is 23.8 Å². The Kier molecular flexibility index (Phi) is 6.61. The first-order chi connectivity index (χ1) is 9.22. The second kappa shape index (κ2) is 7.97. The van der Waals surface area contributed by atoms with Crippen LogP contribution in [0.4, 0.5) is 0 Å². The highest BCUT2D eigenvalue weighted by atomic mass is 35.5. The molecule has 5 nitrogen and oxygen atoms in total. The van der Waals surface area contributed by atoms with E-state index in [4.69, 9.17) is 9.47 Å². The Morgan fingerprint density at radius 1 is 1.15 bits per heavy atom. The predicted octanol–water partition coefficient (Wildman–Crippen LogP) is 1.61. The summed E-state index contributed by atoms with van der Waals surface area (Å²) in [4.78, 5) is 12.2. The first-order valence-electron chi connectivity index (χ1n) is 6.47. The molecule has 1 saturated heterocycles. The quantitative estimate of drug-likeness (QED) is 0.887. The molecule has 1 fully saturated rings. The van der Waals surface area contributed by atoms with Crippen LogP contribution in [-0.4, -0.2) is 39.3 Å². The molecule has 2 rings (SSSR count). The van der Waals surface area contributed by atoms with Crippen LogP contribution < -0.4 is 20.1 Å². The lowest BCUT2D eigenvalue weighted by molar-refractivity contribution is 0.0929. The first-order valence-corrected chi connectivity index (χ1v) is 6.47. The number of halogens is 1. The Hall–Kier alpha value is -1.46. The van der Waals surface area contributed by atoms with Crippen LogP contribution in [0.3, 0.4) is 0 Å². The van der Waals surface area contributed by atoms with Gasteiger partial charge in [-0.25, -0.2) is 0 Å². The van der Waals surface area contributed by atoms with E-state index in [9.17, 15) is 4.79 Å². The maximum atomic E-state index is 12.2. The third-order valence-corrected chi connectivity index (χ3v) is 3.29. The third-order valence-electron chi connectivity index (χ3n) is 3.29. The Morgan fingerprint density at radius 2 is 1.70 bits per heavy atom. The number of ether oxygens (including phenoxy) is 2. The third kappa shape index (κ3) is 4.28. The standard InChI is InChI=1S/C14H20N2O3.ClH/c1-18-12-7-10(8-13(9-12)19-2)14(17)16-11-3-5-15-6-4-11;/h7-9,11,15H,3-6H2,1-2H3,(H,16,17);1H. The van der Waals surface area contributed by atoms with Gasteiger partial charge in [0.15, 0.2) is 0 Å². The van der Waals surface area contributed by atoms with E-state index in [0.29, 0.717) is 17.1 Å². The minimum absolute atomic E-state index is 0. The molecule has 1 aliphatic heterocycles. The van der Waals surface area contributed by atoms with E-state index in [-0.39, 0.29) is 24.4 Å². The molecule has 1 amide bonds. The second-order valence-corrected chi connectivity index (χ2v) is 4.60. The van der Waals surface area contributed by atoms with Crippen molar-refractivity contribution < 1.29 is 14.3 Å². The van der Waals surface area contributed by atoms with Crippen LogP contribution in [0.15, 0.2) is 18.2 Å². The largest absolute Gasteiger partial charge is 0.497 e. The summed E-state index contributed by atoms with van der Waals surface area (Å²) < 4.78 is 10.3. The zero-order valence-corrected chi connectivity index (χ0v) is 12.6. The van der Waals surface area contributed by atoms with Gasteiger partial charge in [0.25, 0.3) is 5.91 Å². The van der Waals surface area contributed by atoms with Crippen molar-refractivity contribution in [1.29, 1.82) is 0 Å². The van der Waals surface area contributed by atoms with Gasteiger partial charge in [0, 0.05) is 17.7 Å². The summed E-state index contributed by atoms with van der Waals surface area (Å²) >= 11 is 0. The van der Waals surface area contributed by atoms with Crippen LogP contribution >= 0.6 is 12.4 Å². The molecule has 0 unspecified atom stereocenters. The molecule has 0 atom stereocenters. The molecule has 0 bridgehead atoms. The van der Waals surface area contributed by atoms with Gasteiger partial charge < -0.3 is 20.1 Å². The van der Waals surface area contributed by atoms with Crippen molar-refractivity contribution in [2.45, 2.75) is 18.9 Å². The highest BCUT2D eigenvalue weighted by Gasteiger charge is 2.17. The number of carbonyl (C=O) groups excluding carboxylic acids is 1. The number of carbonyl (C=O) groups is 1. The van der Waals surface area contributed by atoms with Crippen LogP contribution in [0.1, 0.15) is 23.2 Å². The van der Waals surface area contributed by atoms with Crippen molar-refractivity contribution in [3.8, 4) is 11.5 Å². The Morgan fingerprint density at radius 3 is 2.20 bits per heavy atom. The normalized spacial score (nSPS) is 15.1. The van der Waals surface area contributed by atoms with Crippen LogP contribution in [0.5, 0.6) is 11.5 Å². The number of piperidine rings is 1. The molecule has 6 heteroatoms. The lowest BCUT2D eigenvalue weighted by Gasteiger charge is -2.23. The van der Waals surface area contributed by atoms with E-state index in [2.05, 4.69) is 10.6 Å². The summed E-state index contributed by atoms with van der Waals surface area (Å²) in [5.41, 5.74) is 0.565. The van der Waals surface area contributed by atoms with Crippen molar-refractivity contribution in [1.82, 2.24) is 10.6 Å². The number of methoxy groups -OCH3 is 2. The molecule has 1 aliphatic rings. The van der Waals surface area contributed by atoms with Gasteiger partial charge in [-0.2, -0.15) is 0 Å². The maximum Gasteiger partial charge on any atom is 0.251 e. The zero-order valence-electron chi connectivity index (χ0n) is 11.8. The molecule has 1 aromatic rings. The Labute approximate surface area is 125 Å². The monoisotopic (exact) mass is 300 g/mol. The van der Waals surface area contributed by atoms with Gasteiger partial charge in [-0.3, -0.25) is 4.79 Å². The molecule has 0 aromatic heterocycles. The average Bonchev–Trinajstić information content (AvgIpc) is 2.47. The highest BCUT2D eigenvalue weighted by Crippen LogP contribution is 2.22. The zero-order chi connectivity index (χ0) is 13.7. The van der Waals surface area contributed by atoms with Gasteiger partial charge in [0.05, 0.1) is 14.2 Å². The first kappa shape index (κ1) is 16.6. The van der Waals surface area contributed by atoms with E-state index in [1.807, 2.05) is 0 Å². The number of hydrogen-bond donors (Lipinski definition) is 2. The number of rotatable bonds is 4. The second-order valence-electron chi connectivity index (χ2n) is 4.60. The summed E-state index contributed by atoms with van der Waals surface area (Å²) in [5.74, 6) is 1.16. The summed E-state index contributed by atoms with van der Waals surface area (Å²) in [7, 11) is 3.15. The Bertz CT molecular complexity index is 426. The van der Waals surface area contributed by atoms with Gasteiger partial charge in [-0.15, -0.1) is 12.4 Å². The van der Waals surface area contributed by atoms with E-state index in [1.54, 1.807) is 32.4 Å². The summed E-state index contributed by atoms with van der Waals surface area (Å²) in [5, 5.41) is 6.32. The Balaban J connectivity index is 0.00000200. The lowest BCUT2D eigenvalue weighted by Crippen LogP contribution is -2.42. The van der Waals surface area contributed by atoms with Gasteiger partial charge in [-0.1, -0.05) is 0 Å². The minimum Gasteiger partial charge on any atom is -0.497 e.